The highest BCUT2D eigenvalue weighted by atomic mass is 19.1. The number of aliphatic hydroxyl groups is 1. The predicted molar refractivity (Wildman–Crippen MR) is 109 cm³/mol. The molecule has 3 aromatic rings. The van der Waals surface area contributed by atoms with Crippen LogP contribution in [-0.4, -0.2) is 57.1 Å². The molecule has 1 aliphatic rings. The molecule has 31 heavy (non-hydrogen) atoms. The summed E-state index contributed by atoms with van der Waals surface area (Å²) in [6, 6.07) is 7.00. The van der Waals surface area contributed by atoms with Gasteiger partial charge in [0.15, 0.2) is 5.65 Å². The van der Waals surface area contributed by atoms with Crippen LogP contribution in [0.2, 0.25) is 0 Å². The zero-order valence-electron chi connectivity index (χ0n) is 16.9. The van der Waals surface area contributed by atoms with Gasteiger partial charge in [-0.15, -0.1) is 15.3 Å². The number of nitrogens with one attached hydrogen (secondary N) is 1. The van der Waals surface area contributed by atoms with E-state index >= 15 is 0 Å². The van der Waals surface area contributed by atoms with Gasteiger partial charge in [0.2, 0.25) is 5.91 Å². The first kappa shape index (κ1) is 21.1. The number of benzene rings is 1. The number of carbonyl (C=O) groups excluding carboxylic acids is 1. The van der Waals surface area contributed by atoms with E-state index in [2.05, 4.69) is 25.5 Å². The monoisotopic (exact) mass is 430 g/mol. The molecule has 1 saturated heterocycles. The van der Waals surface area contributed by atoms with Crippen molar-refractivity contribution in [3.05, 3.63) is 53.9 Å². The van der Waals surface area contributed by atoms with Crippen LogP contribution in [0.5, 0.6) is 0 Å². The van der Waals surface area contributed by atoms with Gasteiger partial charge in [-0.3, -0.25) is 4.79 Å². The molecule has 1 fully saturated rings. The van der Waals surface area contributed by atoms with Gasteiger partial charge in [0.25, 0.3) is 0 Å². The lowest BCUT2D eigenvalue weighted by Crippen LogP contribution is -2.42. The number of aliphatic hydroxyl groups excluding tert-OH is 1. The maximum absolute atomic E-state index is 13.8. The lowest BCUT2D eigenvalue weighted by molar-refractivity contribution is -0.125. The Morgan fingerprint density at radius 1 is 1.23 bits per heavy atom. The first-order valence-corrected chi connectivity index (χ1v) is 10.3. The van der Waals surface area contributed by atoms with Crippen LogP contribution in [0, 0.1) is 23.5 Å². The Morgan fingerprint density at radius 2 is 2.03 bits per heavy atom. The number of rotatable bonds is 7. The van der Waals surface area contributed by atoms with Gasteiger partial charge in [0, 0.05) is 38.1 Å². The fourth-order valence-corrected chi connectivity index (χ4v) is 3.86. The van der Waals surface area contributed by atoms with Crippen molar-refractivity contribution in [3.8, 4) is 0 Å². The van der Waals surface area contributed by atoms with Gasteiger partial charge in [-0.05, 0) is 55.2 Å². The number of piperidine rings is 1. The van der Waals surface area contributed by atoms with Gasteiger partial charge in [-0.1, -0.05) is 0 Å². The number of amides is 1. The fraction of sp³-hybridized carbons (Fsp3) is 0.429. The first-order valence-electron chi connectivity index (χ1n) is 10.3. The molecule has 2 N–H and O–H groups in total. The molecule has 0 bridgehead atoms. The van der Waals surface area contributed by atoms with E-state index in [1.54, 1.807) is 10.8 Å². The third kappa shape index (κ3) is 4.96. The van der Waals surface area contributed by atoms with Crippen molar-refractivity contribution >= 4 is 17.4 Å². The molecule has 1 aromatic carbocycles. The van der Waals surface area contributed by atoms with Crippen molar-refractivity contribution < 1.29 is 18.7 Å². The summed E-state index contributed by atoms with van der Waals surface area (Å²) in [5.41, 5.74) is 0.869. The van der Waals surface area contributed by atoms with Crippen LogP contribution in [0.3, 0.4) is 0 Å². The molecule has 0 saturated carbocycles. The molecule has 10 heteroatoms. The lowest BCUT2D eigenvalue weighted by atomic mass is 9.95. The van der Waals surface area contributed by atoms with Crippen LogP contribution in [0.15, 0.2) is 36.7 Å². The van der Waals surface area contributed by atoms with Crippen LogP contribution in [0.25, 0.3) is 5.65 Å². The molecule has 1 atom stereocenters. The molecule has 0 radical (unpaired) electrons. The van der Waals surface area contributed by atoms with E-state index in [1.807, 2.05) is 12.1 Å². The quantitative estimate of drug-likeness (QED) is 0.591. The highest BCUT2D eigenvalue weighted by molar-refractivity contribution is 5.79. The van der Waals surface area contributed by atoms with Crippen molar-refractivity contribution in [1.29, 1.82) is 0 Å². The number of hydrogen-bond donors (Lipinski definition) is 2. The second-order valence-corrected chi connectivity index (χ2v) is 7.82. The zero-order valence-corrected chi connectivity index (χ0v) is 16.9. The highest BCUT2D eigenvalue weighted by Crippen LogP contribution is 2.22. The van der Waals surface area contributed by atoms with Gasteiger partial charge < -0.3 is 15.3 Å². The van der Waals surface area contributed by atoms with Gasteiger partial charge in [0.1, 0.15) is 23.8 Å². The number of carbonyl (C=O) groups is 1. The second-order valence-electron chi connectivity index (χ2n) is 7.82. The number of halogens is 2. The van der Waals surface area contributed by atoms with E-state index in [-0.39, 0.29) is 42.9 Å². The van der Waals surface area contributed by atoms with Crippen molar-refractivity contribution in [2.75, 3.05) is 31.1 Å². The first-order chi connectivity index (χ1) is 15.0. The van der Waals surface area contributed by atoms with E-state index < -0.39 is 11.6 Å². The van der Waals surface area contributed by atoms with E-state index in [0.29, 0.717) is 31.6 Å². The highest BCUT2D eigenvalue weighted by Gasteiger charge is 2.26. The molecule has 164 valence electrons. The Labute approximate surface area is 177 Å². The van der Waals surface area contributed by atoms with Crippen molar-refractivity contribution in [3.63, 3.8) is 0 Å². The van der Waals surface area contributed by atoms with Crippen LogP contribution in [0.4, 0.5) is 14.6 Å². The van der Waals surface area contributed by atoms with Gasteiger partial charge in [-0.25, -0.2) is 8.78 Å². The number of anilines is 1. The number of nitrogens with zero attached hydrogens (tertiary/aromatic N) is 5. The maximum atomic E-state index is 13.8. The predicted octanol–water partition coefficient (Wildman–Crippen LogP) is 1.59. The summed E-state index contributed by atoms with van der Waals surface area (Å²) >= 11 is 0. The van der Waals surface area contributed by atoms with E-state index in [9.17, 15) is 18.7 Å². The smallest absolute Gasteiger partial charge is 0.223 e. The topological polar surface area (TPSA) is 95.7 Å². The molecule has 1 aliphatic heterocycles. The minimum Gasteiger partial charge on any atom is -0.396 e. The fourth-order valence-electron chi connectivity index (χ4n) is 3.86. The number of hydrogen-bond acceptors (Lipinski definition) is 6. The van der Waals surface area contributed by atoms with Crippen molar-refractivity contribution in [2.45, 2.75) is 19.3 Å². The molecule has 2 aromatic heterocycles. The molecule has 4 rings (SSSR count). The summed E-state index contributed by atoms with van der Waals surface area (Å²) in [7, 11) is 0. The van der Waals surface area contributed by atoms with Crippen molar-refractivity contribution in [1.82, 2.24) is 25.1 Å². The minimum atomic E-state index is -0.526. The summed E-state index contributed by atoms with van der Waals surface area (Å²) < 4.78 is 28.8. The number of fused-ring (bicyclic) bond motifs is 1. The number of aromatic nitrogens is 4. The Hall–Kier alpha value is -3.14. The summed E-state index contributed by atoms with van der Waals surface area (Å²) in [4.78, 5) is 14.7. The molecule has 0 unspecified atom stereocenters. The van der Waals surface area contributed by atoms with Crippen LogP contribution in [0.1, 0.15) is 18.4 Å². The SMILES string of the molecule is O=C(NC[C@@H](CO)Cc1cc(F)ccc1F)C1CCN(c2ccc3nncn3n2)CC1. The zero-order chi connectivity index (χ0) is 21.8. The maximum Gasteiger partial charge on any atom is 0.223 e. The average Bonchev–Trinajstić information content (AvgIpc) is 3.26. The summed E-state index contributed by atoms with van der Waals surface area (Å²) in [6.45, 7) is 1.36. The van der Waals surface area contributed by atoms with E-state index in [4.69, 9.17) is 0 Å². The molecule has 0 aliphatic carbocycles. The average molecular weight is 430 g/mol. The lowest BCUT2D eigenvalue weighted by Gasteiger charge is -2.32. The molecule has 1 amide bonds. The Balaban J connectivity index is 1.27. The minimum absolute atomic E-state index is 0.0833. The van der Waals surface area contributed by atoms with Crippen LogP contribution >= 0.6 is 0 Å². The Kier molecular flexibility index (Phi) is 6.36. The second kappa shape index (κ2) is 9.34. The third-order valence-corrected chi connectivity index (χ3v) is 5.68. The molecule has 3 heterocycles. The van der Waals surface area contributed by atoms with E-state index in [0.717, 1.165) is 24.0 Å². The third-order valence-electron chi connectivity index (χ3n) is 5.68. The Bertz CT molecular complexity index is 1050. The van der Waals surface area contributed by atoms with Gasteiger partial charge in [-0.2, -0.15) is 4.52 Å². The summed E-state index contributed by atoms with van der Waals surface area (Å²) in [5.74, 6) is -0.845. The van der Waals surface area contributed by atoms with Crippen molar-refractivity contribution in [2.24, 2.45) is 11.8 Å². The summed E-state index contributed by atoms with van der Waals surface area (Å²) in [5, 5.41) is 24.7. The molecular weight excluding hydrogens is 406 g/mol. The van der Waals surface area contributed by atoms with E-state index in [1.165, 1.54) is 0 Å². The van der Waals surface area contributed by atoms with Gasteiger partial charge >= 0.3 is 0 Å². The largest absolute Gasteiger partial charge is 0.396 e. The van der Waals surface area contributed by atoms with Crippen LogP contribution < -0.4 is 10.2 Å². The van der Waals surface area contributed by atoms with Gasteiger partial charge in [0.05, 0.1) is 0 Å². The standard InChI is InChI=1S/C21H24F2N6O2/c22-17-1-2-18(23)16(10-17)9-14(12-30)11-24-21(31)15-5-7-28(8-6-15)20-4-3-19-26-25-13-29(19)27-20/h1-4,10,13-15,30H,5-9,11-12H2,(H,24,31)/t14-/m0/s1. The molecule has 0 spiro atoms. The normalized spacial score (nSPS) is 15.9. The van der Waals surface area contributed by atoms with Crippen LogP contribution in [-0.2, 0) is 11.2 Å². The summed E-state index contributed by atoms with van der Waals surface area (Å²) in [6.07, 6.45) is 3.05. The molecule has 8 nitrogen and oxygen atoms in total. The molecular formula is C21H24F2N6O2. The Morgan fingerprint density at radius 3 is 2.81 bits per heavy atom.